The average Bonchev–Trinajstić information content (AvgIpc) is 3.15. The first-order chi connectivity index (χ1) is 12.8. The Bertz CT molecular complexity index is 980. The van der Waals surface area contributed by atoms with E-state index in [2.05, 4.69) is 15.0 Å². The number of nitrogens with one attached hydrogen (secondary N) is 2. The van der Waals surface area contributed by atoms with Crippen LogP contribution in [0, 0.1) is 0 Å². The van der Waals surface area contributed by atoms with Crippen molar-refractivity contribution in [2.24, 2.45) is 0 Å². The van der Waals surface area contributed by atoms with Crippen LogP contribution in [0.5, 0.6) is 0 Å². The predicted molar refractivity (Wildman–Crippen MR) is 111 cm³/mol. The normalized spacial score (nSPS) is 13.3. The summed E-state index contributed by atoms with van der Waals surface area (Å²) in [5.41, 5.74) is 0.529. The van der Waals surface area contributed by atoms with Gasteiger partial charge in [0.25, 0.3) is 0 Å². The molecule has 0 bridgehead atoms. The zero-order chi connectivity index (χ0) is 19.5. The third-order valence-corrected chi connectivity index (χ3v) is 6.89. The molecule has 0 aliphatic rings. The van der Waals surface area contributed by atoms with Gasteiger partial charge >= 0.3 is 0 Å². The van der Waals surface area contributed by atoms with Gasteiger partial charge in [-0.2, -0.15) is 4.72 Å². The third kappa shape index (κ3) is 4.93. The Morgan fingerprint density at radius 3 is 2.30 bits per heavy atom. The lowest BCUT2D eigenvalue weighted by Gasteiger charge is -2.31. The summed E-state index contributed by atoms with van der Waals surface area (Å²) in [6.07, 6.45) is 0.500. The van der Waals surface area contributed by atoms with E-state index >= 15 is 0 Å². The van der Waals surface area contributed by atoms with E-state index in [1.807, 2.05) is 6.07 Å². The SMILES string of the molecule is O=S(=O)(NC(Nc1nccs1)C(Cl)(Cl)c1ccccc1)c1ccc(Cl)cc1. The second kappa shape index (κ2) is 8.34. The molecular weight excluding hydrogens is 449 g/mol. The van der Waals surface area contributed by atoms with Crippen molar-refractivity contribution < 1.29 is 8.42 Å². The second-order valence-corrected chi connectivity index (χ2v) is 9.91. The standard InChI is InChI=1S/C17H14Cl3N3O2S2/c18-13-6-8-14(9-7-13)27(24,25)23-15(22-16-21-10-11-26-16)17(19,20)12-4-2-1-3-5-12/h1-11,15,23H,(H,21,22). The monoisotopic (exact) mass is 461 g/mol. The fraction of sp³-hybridized carbons (Fsp3) is 0.118. The molecule has 0 saturated carbocycles. The number of thiazole rings is 1. The Morgan fingerprint density at radius 1 is 1.04 bits per heavy atom. The minimum atomic E-state index is -3.93. The highest BCUT2D eigenvalue weighted by atomic mass is 35.5. The molecule has 3 aromatic rings. The first kappa shape index (κ1) is 20.4. The van der Waals surface area contributed by atoms with Crippen LogP contribution in [-0.2, 0) is 14.4 Å². The van der Waals surface area contributed by atoms with Gasteiger partial charge in [-0.25, -0.2) is 13.4 Å². The molecule has 1 heterocycles. The molecule has 3 rings (SSSR count). The van der Waals surface area contributed by atoms with Gasteiger partial charge in [0.2, 0.25) is 10.0 Å². The number of sulfonamides is 1. The van der Waals surface area contributed by atoms with Crippen LogP contribution in [0.3, 0.4) is 0 Å². The summed E-state index contributed by atoms with van der Waals surface area (Å²) in [4.78, 5) is 4.15. The maximum atomic E-state index is 12.8. The van der Waals surface area contributed by atoms with Gasteiger partial charge in [0, 0.05) is 16.6 Å². The molecule has 142 valence electrons. The average molecular weight is 463 g/mol. The predicted octanol–water partition coefficient (Wildman–Crippen LogP) is 4.84. The fourth-order valence-electron chi connectivity index (χ4n) is 2.28. The molecule has 1 unspecified atom stereocenters. The molecule has 0 spiro atoms. The van der Waals surface area contributed by atoms with Gasteiger partial charge in [-0.15, -0.1) is 11.3 Å². The molecule has 1 aromatic heterocycles. The quantitative estimate of drug-likeness (QED) is 0.389. The lowest BCUT2D eigenvalue weighted by Crippen LogP contribution is -2.49. The topological polar surface area (TPSA) is 71.1 Å². The summed E-state index contributed by atoms with van der Waals surface area (Å²) in [7, 11) is -3.93. The lowest BCUT2D eigenvalue weighted by atomic mass is 10.1. The molecule has 27 heavy (non-hydrogen) atoms. The smallest absolute Gasteiger partial charge is 0.242 e. The summed E-state index contributed by atoms with van der Waals surface area (Å²) in [6, 6.07) is 14.6. The maximum Gasteiger partial charge on any atom is 0.242 e. The Hall–Kier alpha value is -1.35. The van der Waals surface area contributed by atoms with Crippen molar-refractivity contribution in [1.82, 2.24) is 9.71 Å². The van der Waals surface area contributed by atoms with Gasteiger partial charge < -0.3 is 5.32 Å². The van der Waals surface area contributed by atoms with Crippen LogP contribution in [-0.4, -0.2) is 19.6 Å². The Labute approximate surface area is 176 Å². The number of halogens is 3. The zero-order valence-electron chi connectivity index (χ0n) is 13.6. The van der Waals surface area contributed by atoms with Crippen molar-refractivity contribution in [3.63, 3.8) is 0 Å². The van der Waals surface area contributed by atoms with Crippen LogP contribution in [0.1, 0.15) is 5.56 Å². The van der Waals surface area contributed by atoms with E-state index < -0.39 is 20.5 Å². The number of nitrogens with zero attached hydrogens (tertiary/aromatic N) is 1. The van der Waals surface area contributed by atoms with Gasteiger partial charge in [-0.05, 0) is 29.8 Å². The van der Waals surface area contributed by atoms with E-state index in [-0.39, 0.29) is 4.90 Å². The van der Waals surface area contributed by atoms with E-state index in [4.69, 9.17) is 34.8 Å². The lowest BCUT2D eigenvalue weighted by molar-refractivity contribution is 0.547. The van der Waals surface area contributed by atoms with E-state index in [0.717, 1.165) is 0 Å². The van der Waals surface area contributed by atoms with E-state index in [9.17, 15) is 8.42 Å². The molecule has 0 aliphatic carbocycles. The summed E-state index contributed by atoms with van der Waals surface area (Å²) in [5, 5.41) is 5.61. The first-order valence-electron chi connectivity index (χ1n) is 7.66. The number of hydrogen-bond donors (Lipinski definition) is 2. The molecular formula is C17H14Cl3N3O2S2. The molecule has 5 nitrogen and oxygen atoms in total. The van der Waals surface area contributed by atoms with Crippen molar-refractivity contribution in [2.45, 2.75) is 15.4 Å². The van der Waals surface area contributed by atoms with Crippen LogP contribution >= 0.6 is 46.1 Å². The van der Waals surface area contributed by atoms with Gasteiger partial charge in [-0.1, -0.05) is 65.1 Å². The zero-order valence-corrected chi connectivity index (χ0v) is 17.5. The van der Waals surface area contributed by atoms with Crippen LogP contribution < -0.4 is 10.0 Å². The molecule has 10 heteroatoms. The molecule has 2 N–H and O–H groups in total. The highest BCUT2D eigenvalue weighted by Crippen LogP contribution is 2.38. The minimum Gasteiger partial charge on any atom is -0.342 e. The van der Waals surface area contributed by atoms with Crippen molar-refractivity contribution in [1.29, 1.82) is 0 Å². The van der Waals surface area contributed by atoms with Crippen LogP contribution in [0.25, 0.3) is 0 Å². The molecule has 0 radical (unpaired) electrons. The summed E-state index contributed by atoms with van der Waals surface area (Å²) < 4.78 is 26.6. The van der Waals surface area contributed by atoms with Gasteiger partial charge in [0.05, 0.1) is 4.90 Å². The summed E-state index contributed by atoms with van der Waals surface area (Å²) >= 11 is 20.3. The molecule has 1 atom stereocenters. The molecule has 2 aromatic carbocycles. The van der Waals surface area contributed by atoms with Gasteiger partial charge in [0.1, 0.15) is 6.17 Å². The summed E-state index contributed by atoms with van der Waals surface area (Å²) in [6.45, 7) is 0. The highest BCUT2D eigenvalue weighted by molar-refractivity contribution is 7.89. The van der Waals surface area contributed by atoms with Crippen molar-refractivity contribution in [3.05, 3.63) is 76.8 Å². The first-order valence-corrected chi connectivity index (χ1v) is 11.2. The number of alkyl halides is 2. The second-order valence-electron chi connectivity index (χ2n) is 5.48. The van der Waals surface area contributed by atoms with Gasteiger partial charge in [-0.3, -0.25) is 0 Å². The van der Waals surface area contributed by atoms with Crippen molar-refractivity contribution >= 4 is 61.3 Å². The summed E-state index contributed by atoms with van der Waals surface area (Å²) in [5.74, 6) is 0. The number of anilines is 1. The maximum absolute atomic E-state index is 12.8. The Balaban J connectivity index is 1.96. The van der Waals surface area contributed by atoms with E-state index in [1.54, 1.807) is 35.8 Å². The molecule has 0 aliphatic heterocycles. The van der Waals surface area contributed by atoms with Gasteiger partial charge in [0.15, 0.2) is 9.46 Å². The van der Waals surface area contributed by atoms with Crippen molar-refractivity contribution in [2.75, 3.05) is 5.32 Å². The molecule has 0 fully saturated rings. The highest BCUT2D eigenvalue weighted by Gasteiger charge is 2.40. The number of hydrogen-bond acceptors (Lipinski definition) is 5. The van der Waals surface area contributed by atoms with E-state index in [0.29, 0.717) is 15.7 Å². The molecule has 0 amide bonds. The molecule has 0 saturated heterocycles. The number of benzene rings is 2. The third-order valence-electron chi connectivity index (χ3n) is 3.62. The largest absolute Gasteiger partial charge is 0.342 e. The Morgan fingerprint density at radius 2 is 1.70 bits per heavy atom. The van der Waals surface area contributed by atoms with Crippen LogP contribution in [0.15, 0.2) is 71.1 Å². The fourth-order valence-corrected chi connectivity index (χ4v) is 4.74. The van der Waals surface area contributed by atoms with Crippen LogP contribution in [0.2, 0.25) is 5.02 Å². The number of rotatable bonds is 7. The minimum absolute atomic E-state index is 0.0371. The van der Waals surface area contributed by atoms with E-state index in [1.165, 1.54) is 35.6 Å². The van der Waals surface area contributed by atoms with Crippen LogP contribution in [0.4, 0.5) is 5.13 Å². The Kier molecular flexibility index (Phi) is 6.30. The number of aromatic nitrogens is 1. The van der Waals surface area contributed by atoms with Crippen molar-refractivity contribution in [3.8, 4) is 0 Å².